The number of nitrogens with zero attached hydrogens (tertiary/aromatic N) is 3. The van der Waals surface area contributed by atoms with Gasteiger partial charge in [0.15, 0.2) is 0 Å². The fourth-order valence-electron chi connectivity index (χ4n) is 4.56. The Balaban J connectivity index is 0.00000259. The molecule has 5 nitrogen and oxygen atoms in total. The van der Waals surface area contributed by atoms with Gasteiger partial charge in [0.1, 0.15) is 22.9 Å². The van der Waals surface area contributed by atoms with Crippen LogP contribution in [0.1, 0.15) is 25.0 Å². The Hall–Kier alpha value is -3.38. The van der Waals surface area contributed by atoms with E-state index in [0.717, 1.165) is 35.4 Å². The molecule has 0 saturated heterocycles. The van der Waals surface area contributed by atoms with E-state index in [2.05, 4.69) is 48.3 Å². The van der Waals surface area contributed by atoms with Crippen LogP contribution in [0.3, 0.4) is 0 Å². The van der Waals surface area contributed by atoms with Crippen LogP contribution in [0.4, 0.5) is 21.8 Å². The van der Waals surface area contributed by atoms with Crippen LogP contribution in [-0.2, 0) is 12.0 Å². The van der Waals surface area contributed by atoms with Gasteiger partial charge >= 0.3 is 0 Å². The van der Waals surface area contributed by atoms with Gasteiger partial charge in [0.05, 0.1) is 12.6 Å². The average molecular weight is 465 g/mol. The number of para-hydroxylation sites is 1. The summed E-state index contributed by atoms with van der Waals surface area (Å²) in [4.78, 5) is 12.0. The number of hydrogen-bond acceptors (Lipinski definition) is 5. The number of halogens is 2. The lowest BCUT2D eigenvalue weighted by Gasteiger charge is -2.45. The summed E-state index contributed by atoms with van der Waals surface area (Å²) in [6.45, 7) is 5.29. The molecule has 0 unspecified atom stereocenters. The summed E-state index contributed by atoms with van der Waals surface area (Å²) in [5.74, 6) is 1.69. The number of aromatic nitrogens is 2. The van der Waals surface area contributed by atoms with Crippen LogP contribution < -0.4 is 15.0 Å². The molecule has 5 rings (SSSR count). The Morgan fingerprint density at radius 3 is 2.48 bits per heavy atom. The van der Waals surface area contributed by atoms with Crippen molar-refractivity contribution < 1.29 is 9.13 Å². The summed E-state index contributed by atoms with van der Waals surface area (Å²) in [6, 6.07) is 20.7. The van der Waals surface area contributed by atoms with Crippen molar-refractivity contribution in [1.29, 1.82) is 0 Å². The topological polar surface area (TPSA) is 50.3 Å². The van der Waals surface area contributed by atoms with Crippen molar-refractivity contribution in [2.45, 2.75) is 25.8 Å². The predicted octanol–water partition coefficient (Wildman–Crippen LogP) is 6.24. The zero-order chi connectivity index (χ0) is 22.3. The Morgan fingerprint density at radius 1 is 0.970 bits per heavy atom. The van der Waals surface area contributed by atoms with E-state index in [0.29, 0.717) is 11.7 Å². The summed E-state index contributed by atoms with van der Waals surface area (Å²) < 4.78 is 19.0. The van der Waals surface area contributed by atoms with Gasteiger partial charge < -0.3 is 15.0 Å². The van der Waals surface area contributed by atoms with Crippen LogP contribution in [0.15, 0.2) is 66.7 Å². The van der Waals surface area contributed by atoms with E-state index >= 15 is 0 Å². The first-order valence-electron chi connectivity index (χ1n) is 10.7. The highest BCUT2D eigenvalue weighted by Gasteiger charge is 2.36. The Labute approximate surface area is 199 Å². The van der Waals surface area contributed by atoms with Crippen LogP contribution in [0, 0.1) is 5.82 Å². The monoisotopic (exact) mass is 464 g/mol. The third kappa shape index (κ3) is 4.07. The molecule has 0 saturated carbocycles. The van der Waals surface area contributed by atoms with Crippen LogP contribution in [0.25, 0.3) is 10.9 Å². The number of anilines is 3. The minimum atomic E-state index is -0.286. The molecule has 1 aliphatic rings. The largest absolute Gasteiger partial charge is 0.494 e. The van der Waals surface area contributed by atoms with Crippen LogP contribution in [0.2, 0.25) is 0 Å². The second-order valence-corrected chi connectivity index (χ2v) is 8.48. The fourth-order valence-corrected chi connectivity index (χ4v) is 4.56. The molecule has 0 atom stereocenters. The van der Waals surface area contributed by atoms with Crippen molar-refractivity contribution in [2.75, 3.05) is 23.9 Å². The van der Waals surface area contributed by atoms with E-state index in [-0.39, 0.29) is 23.8 Å². The lowest BCUT2D eigenvalue weighted by atomic mass is 9.83. The van der Waals surface area contributed by atoms with Gasteiger partial charge in [-0.15, -0.1) is 12.4 Å². The van der Waals surface area contributed by atoms with Crippen molar-refractivity contribution in [1.82, 2.24) is 9.97 Å². The summed E-state index contributed by atoms with van der Waals surface area (Å²) >= 11 is 0. The summed E-state index contributed by atoms with van der Waals surface area (Å²) in [5, 5.41) is 4.16. The van der Waals surface area contributed by atoms with E-state index in [9.17, 15) is 4.39 Å². The molecule has 0 bridgehead atoms. The second kappa shape index (κ2) is 8.87. The van der Waals surface area contributed by atoms with Crippen molar-refractivity contribution in [3.63, 3.8) is 0 Å². The van der Waals surface area contributed by atoms with Gasteiger partial charge in [0, 0.05) is 17.6 Å². The van der Waals surface area contributed by atoms with E-state index in [4.69, 9.17) is 14.7 Å². The van der Waals surface area contributed by atoms with Gasteiger partial charge in [-0.25, -0.2) is 9.37 Å². The van der Waals surface area contributed by atoms with Crippen LogP contribution >= 0.6 is 12.4 Å². The number of nitrogens with one attached hydrogen (secondary N) is 1. The van der Waals surface area contributed by atoms with Crippen molar-refractivity contribution in [3.8, 4) is 5.75 Å². The molecule has 1 aliphatic heterocycles. The highest BCUT2D eigenvalue weighted by molar-refractivity contribution is 5.95. The molecular formula is C26H26ClFN4O. The smallest absolute Gasteiger partial charge is 0.229 e. The van der Waals surface area contributed by atoms with Gasteiger partial charge in [-0.2, -0.15) is 4.98 Å². The van der Waals surface area contributed by atoms with Crippen LogP contribution in [0.5, 0.6) is 5.75 Å². The standard InChI is InChI=1S/C26H25FN4O.ClH/c1-26(2)21-9-5-4-7-17(21)15-16-31(26)24-20-8-6-10-22(32-3)23(20)29-25(30-24)28-19-13-11-18(27)12-14-19;/h4-14H,15-16H2,1-3H3,(H,28,29,30);1H. The Morgan fingerprint density at radius 2 is 1.73 bits per heavy atom. The molecule has 0 radical (unpaired) electrons. The van der Waals surface area contributed by atoms with E-state index < -0.39 is 0 Å². The summed E-state index contributed by atoms with van der Waals surface area (Å²) in [7, 11) is 1.64. The fraction of sp³-hybridized carbons (Fsp3) is 0.231. The van der Waals surface area contributed by atoms with Gasteiger partial charge in [0.2, 0.25) is 5.95 Å². The number of rotatable bonds is 4. The normalized spacial score (nSPS) is 14.4. The molecule has 4 aromatic rings. The third-order valence-corrected chi connectivity index (χ3v) is 6.20. The lowest BCUT2D eigenvalue weighted by molar-refractivity contribution is 0.418. The van der Waals surface area contributed by atoms with Gasteiger partial charge in [-0.1, -0.05) is 30.3 Å². The summed E-state index contributed by atoms with van der Waals surface area (Å²) in [5.41, 5.74) is 3.87. The molecule has 7 heteroatoms. The van der Waals surface area contributed by atoms with Crippen molar-refractivity contribution >= 4 is 40.8 Å². The maximum atomic E-state index is 13.4. The summed E-state index contributed by atoms with van der Waals surface area (Å²) in [6.07, 6.45) is 0.940. The molecule has 0 spiro atoms. The first-order valence-corrected chi connectivity index (χ1v) is 10.7. The first kappa shape index (κ1) is 22.8. The number of methoxy groups -OCH3 is 1. The first-order chi connectivity index (χ1) is 15.5. The third-order valence-electron chi connectivity index (χ3n) is 6.20. The quantitative estimate of drug-likeness (QED) is 0.387. The van der Waals surface area contributed by atoms with E-state index in [1.807, 2.05) is 18.2 Å². The van der Waals surface area contributed by atoms with Crippen molar-refractivity contribution in [2.24, 2.45) is 0 Å². The number of hydrogen-bond donors (Lipinski definition) is 1. The maximum Gasteiger partial charge on any atom is 0.229 e. The van der Waals surface area contributed by atoms with Crippen LogP contribution in [-0.4, -0.2) is 23.6 Å². The molecule has 0 aliphatic carbocycles. The van der Waals surface area contributed by atoms with Crippen molar-refractivity contribution in [3.05, 3.63) is 83.7 Å². The molecule has 2 heterocycles. The number of benzene rings is 3. The van der Waals surface area contributed by atoms with E-state index in [1.165, 1.54) is 23.3 Å². The molecule has 170 valence electrons. The molecule has 1 aromatic heterocycles. The Bertz CT molecular complexity index is 1290. The highest BCUT2D eigenvalue weighted by atomic mass is 35.5. The lowest BCUT2D eigenvalue weighted by Crippen LogP contribution is -2.47. The Kier molecular flexibility index (Phi) is 6.13. The minimum Gasteiger partial charge on any atom is -0.494 e. The molecule has 33 heavy (non-hydrogen) atoms. The number of ether oxygens (including phenoxy) is 1. The predicted molar refractivity (Wildman–Crippen MR) is 134 cm³/mol. The number of fused-ring (bicyclic) bond motifs is 2. The maximum absolute atomic E-state index is 13.4. The SMILES string of the molecule is COc1cccc2c(N3CCc4ccccc4C3(C)C)nc(Nc3ccc(F)cc3)nc12.Cl. The van der Waals surface area contributed by atoms with Gasteiger partial charge in [0.25, 0.3) is 0 Å². The molecule has 1 N–H and O–H groups in total. The zero-order valence-corrected chi connectivity index (χ0v) is 19.6. The van der Waals surface area contributed by atoms with Gasteiger partial charge in [-0.05, 0) is 67.8 Å². The zero-order valence-electron chi connectivity index (χ0n) is 18.8. The molecule has 0 fully saturated rings. The van der Waals surface area contributed by atoms with E-state index in [1.54, 1.807) is 19.2 Å². The molecule has 0 amide bonds. The molecule has 3 aromatic carbocycles. The second-order valence-electron chi connectivity index (χ2n) is 8.48. The van der Waals surface area contributed by atoms with Gasteiger partial charge in [-0.3, -0.25) is 0 Å². The highest BCUT2D eigenvalue weighted by Crippen LogP contribution is 2.41. The molecular weight excluding hydrogens is 439 g/mol. The minimum absolute atomic E-state index is 0. The average Bonchev–Trinajstić information content (AvgIpc) is 2.80.